The highest BCUT2D eigenvalue weighted by Crippen LogP contribution is 2.19. The molecule has 0 unspecified atom stereocenters. The maximum absolute atomic E-state index is 10.7. The van der Waals surface area contributed by atoms with Crippen LogP contribution in [0.2, 0.25) is 0 Å². The number of benzene rings is 1. The second-order valence-corrected chi connectivity index (χ2v) is 4.55. The van der Waals surface area contributed by atoms with Gasteiger partial charge < -0.3 is 5.11 Å². The van der Waals surface area contributed by atoms with Crippen LogP contribution < -0.4 is 0 Å². The van der Waals surface area contributed by atoms with Crippen LogP contribution in [0.4, 0.5) is 5.69 Å². The second-order valence-electron chi connectivity index (χ2n) is 3.09. The van der Waals surface area contributed by atoms with E-state index < -0.39 is 27.4 Å². The summed E-state index contributed by atoms with van der Waals surface area (Å²) in [4.78, 5) is 9.76. The molecule has 0 heterocycles. The third-order valence-corrected chi connectivity index (χ3v) is 2.58. The van der Waals surface area contributed by atoms with Gasteiger partial charge in [0.25, 0.3) is 15.8 Å². The van der Waals surface area contributed by atoms with Gasteiger partial charge in [-0.05, 0) is 17.2 Å². The minimum atomic E-state index is -4.29. The van der Waals surface area contributed by atoms with Crippen molar-refractivity contribution in [1.29, 1.82) is 0 Å². The predicted molar refractivity (Wildman–Crippen MR) is 54.3 cm³/mol. The Balaban J connectivity index is 3.22. The first-order valence-electron chi connectivity index (χ1n) is 4.15. The van der Waals surface area contributed by atoms with Crippen LogP contribution in [0.5, 0.6) is 0 Å². The lowest BCUT2D eigenvalue weighted by Gasteiger charge is -2.05. The molecule has 1 rings (SSSR count). The van der Waals surface area contributed by atoms with E-state index in [0.717, 1.165) is 12.1 Å². The summed E-state index contributed by atoms with van der Waals surface area (Å²) in [7, 11) is -4.29. The fourth-order valence-electron chi connectivity index (χ4n) is 1.21. The maximum Gasteiger partial charge on any atom is 0.269 e. The van der Waals surface area contributed by atoms with E-state index in [2.05, 4.69) is 0 Å². The molecule has 2 N–H and O–H groups in total. The van der Waals surface area contributed by atoms with Gasteiger partial charge in [-0.15, -0.1) is 0 Å². The van der Waals surface area contributed by atoms with Crippen molar-refractivity contribution in [3.63, 3.8) is 0 Å². The first-order chi connectivity index (χ1) is 7.33. The Morgan fingerprint density at radius 3 is 2.38 bits per heavy atom. The van der Waals surface area contributed by atoms with E-state index in [4.69, 9.17) is 9.66 Å². The summed E-state index contributed by atoms with van der Waals surface area (Å²) in [6, 6.07) is 3.41. The largest absolute Gasteiger partial charge is 0.392 e. The Hall–Kier alpha value is -1.51. The highest BCUT2D eigenvalue weighted by molar-refractivity contribution is 7.85. The lowest BCUT2D eigenvalue weighted by atomic mass is 10.1. The number of nitrogens with zero attached hydrogens (tertiary/aromatic N) is 1. The molecule has 0 bridgehead atoms. The number of hydrogen-bond donors (Lipinski definition) is 2. The average Bonchev–Trinajstić information content (AvgIpc) is 2.15. The van der Waals surface area contributed by atoms with Crippen molar-refractivity contribution in [2.45, 2.75) is 12.4 Å². The van der Waals surface area contributed by atoms with Crippen LogP contribution in [0.1, 0.15) is 11.1 Å². The molecule has 16 heavy (non-hydrogen) atoms. The van der Waals surface area contributed by atoms with Gasteiger partial charge in [0.15, 0.2) is 0 Å². The lowest BCUT2D eigenvalue weighted by molar-refractivity contribution is -0.384. The molecule has 1 aromatic rings. The third kappa shape index (κ3) is 3.26. The molecule has 0 saturated carbocycles. The summed E-state index contributed by atoms with van der Waals surface area (Å²) < 4.78 is 29.9. The zero-order chi connectivity index (χ0) is 12.3. The Kier molecular flexibility index (Phi) is 3.58. The molecule has 88 valence electrons. The van der Waals surface area contributed by atoms with E-state index >= 15 is 0 Å². The Morgan fingerprint density at radius 2 is 1.94 bits per heavy atom. The van der Waals surface area contributed by atoms with Gasteiger partial charge in [0.05, 0.1) is 11.5 Å². The Morgan fingerprint density at radius 1 is 1.31 bits per heavy atom. The minimum Gasteiger partial charge on any atom is -0.392 e. The van der Waals surface area contributed by atoms with E-state index in [1.165, 1.54) is 6.07 Å². The maximum atomic E-state index is 10.7. The summed E-state index contributed by atoms with van der Waals surface area (Å²) in [6.07, 6.45) is 0. The Labute approximate surface area is 91.2 Å². The van der Waals surface area contributed by atoms with Crippen LogP contribution in [0.25, 0.3) is 0 Å². The van der Waals surface area contributed by atoms with E-state index in [1.807, 2.05) is 0 Å². The van der Waals surface area contributed by atoms with Gasteiger partial charge in [-0.1, -0.05) is 0 Å². The number of hydrogen-bond acceptors (Lipinski definition) is 5. The minimum absolute atomic E-state index is 0.0131. The van der Waals surface area contributed by atoms with Gasteiger partial charge in [0, 0.05) is 12.1 Å². The molecule has 0 aliphatic rings. The van der Waals surface area contributed by atoms with E-state index in [0.29, 0.717) is 0 Å². The van der Waals surface area contributed by atoms with Crippen molar-refractivity contribution >= 4 is 15.8 Å². The number of aliphatic hydroxyl groups excluding tert-OH is 1. The smallest absolute Gasteiger partial charge is 0.269 e. The fraction of sp³-hybridized carbons (Fsp3) is 0.250. The quantitative estimate of drug-likeness (QED) is 0.453. The zero-order valence-electron chi connectivity index (χ0n) is 8.03. The highest BCUT2D eigenvalue weighted by Gasteiger charge is 2.15. The van der Waals surface area contributed by atoms with Crippen molar-refractivity contribution < 1.29 is 23.0 Å². The van der Waals surface area contributed by atoms with Crippen LogP contribution in [0.3, 0.4) is 0 Å². The van der Waals surface area contributed by atoms with Crippen LogP contribution >= 0.6 is 0 Å². The number of aliphatic hydroxyl groups is 1. The normalized spacial score (nSPS) is 11.4. The van der Waals surface area contributed by atoms with Crippen molar-refractivity contribution in [2.24, 2.45) is 0 Å². The molecule has 1 aromatic carbocycles. The average molecular weight is 247 g/mol. The number of rotatable bonds is 4. The zero-order valence-corrected chi connectivity index (χ0v) is 8.85. The van der Waals surface area contributed by atoms with Crippen LogP contribution in [-0.2, 0) is 22.5 Å². The summed E-state index contributed by atoms with van der Waals surface area (Å²) in [6.45, 7) is -0.456. The molecule has 0 spiro atoms. The molecule has 7 nitrogen and oxygen atoms in total. The third-order valence-electron chi connectivity index (χ3n) is 1.91. The van der Waals surface area contributed by atoms with Gasteiger partial charge >= 0.3 is 0 Å². The molecule has 0 aliphatic heterocycles. The molecule has 0 radical (unpaired) electrons. The highest BCUT2D eigenvalue weighted by atomic mass is 32.2. The molecule has 0 aromatic heterocycles. The molecular weight excluding hydrogens is 238 g/mol. The Bertz CT molecular complexity index is 509. The second kappa shape index (κ2) is 4.56. The molecular formula is C8H9NO6S. The van der Waals surface area contributed by atoms with Gasteiger partial charge in [0.1, 0.15) is 5.75 Å². The van der Waals surface area contributed by atoms with Crippen molar-refractivity contribution in [3.8, 4) is 0 Å². The number of nitro benzene ring substituents is 1. The SMILES string of the molecule is O=[N+]([O-])c1ccc(CO)c(CS(=O)(=O)O)c1. The molecule has 0 saturated heterocycles. The summed E-state index contributed by atoms with van der Waals surface area (Å²) >= 11 is 0. The molecule has 0 amide bonds. The molecule has 8 heteroatoms. The number of nitro groups is 1. The van der Waals surface area contributed by atoms with Gasteiger partial charge in [0.2, 0.25) is 0 Å². The van der Waals surface area contributed by atoms with Crippen LogP contribution in [0, 0.1) is 10.1 Å². The van der Waals surface area contributed by atoms with Gasteiger partial charge in [-0.2, -0.15) is 8.42 Å². The van der Waals surface area contributed by atoms with Crippen LogP contribution in [0.15, 0.2) is 18.2 Å². The first kappa shape index (κ1) is 12.6. The summed E-state index contributed by atoms with van der Waals surface area (Å²) in [5, 5.41) is 19.3. The van der Waals surface area contributed by atoms with E-state index in [9.17, 15) is 18.5 Å². The van der Waals surface area contributed by atoms with Crippen LogP contribution in [-0.4, -0.2) is 23.0 Å². The summed E-state index contributed by atoms with van der Waals surface area (Å²) in [5.41, 5.74) is -0.0572. The lowest BCUT2D eigenvalue weighted by Crippen LogP contribution is -2.05. The van der Waals surface area contributed by atoms with E-state index in [1.54, 1.807) is 0 Å². The monoisotopic (exact) mass is 247 g/mol. The predicted octanol–water partition coefficient (Wildman–Crippen LogP) is 0.475. The molecule has 0 atom stereocenters. The molecule has 0 fully saturated rings. The van der Waals surface area contributed by atoms with Crippen molar-refractivity contribution in [1.82, 2.24) is 0 Å². The first-order valence-corrected chi connectivity index (χ1v) is 5.76. The van der Waals surface area contributed by atoms with Gasteiger partial charge in [-0.3, -0.25) is 14.7 Å². The van der Waals surface area contributed by atoms with Gasteiger partial charge in [-0.25, -0.2) is 0 Å². The molecule has 0 aliphatic carbocycles. The summed E-state index contributed by atoms with van der Waals surface area (Å²) in [5.74, 6) is -0.759. The number of non-ortho nitro benzene ring substituents is 1. The van der Waals surface area contributed by atoms with Crippen molar-refractivity contribution in [2.75, 3.05) is 0 Å². The topological polar surface area (TPSA) is 118 Å². The van der Waals surface area contributed by atoms with E-state index in [-0.39, 0.29) is 16.8 Å². The van der Waals surface area contributed by atoms with Crippen molar-refractivity contribution in [3.05, 3.63) is 39.4 Å². The fourth-order valence-corrected chi connectivity index (χ4v) is 1.87. The standard InChI is InChI=1S/C8H9NO6S/c10-4-6-1-2-8(9(11)12)3-7(6)5-16(13,14)15/h1-3,10H,4-5H2,(H,13,14,15).